The molecule has 0 aliphatic carbocycles. The number of amides is 1. The van der Waals surface area contributed by atoms with Gasteiger partial charge in [-0.1, -0.05) is 20.8 Å². The largest absolute Gasteiger partial charge is 0.490 e. The fourth-order valence-electron chi connectivity index (χ4n) is 3.97. The van der Waals surface area contributed by atoms with Crippen LogP contribution in [0.3, 0.4) is 0 Å². The van der Waals surface area contributed by atoms with Crippen molar-refractivity contribution in [2.75, 3.05) is 62.8 Å². The maximum atomic E-state index is 11.8. The molecule has 0 radical (unpaired) electrons. The van der Waals surface area contributed by atoms with Crippen LogP contribution >= 0.6 is 11.7 Å². The number of carbonyl (C=O) groups is 2. The molecular formula is C31H52N6O7S. The van der Waals surface area contributed by atoms with E-state index in [2.05, 4.69) is 50.4 Å². The standard InChI is InChI=1S/C18H28N2O4.C13H24N4O3S/c1-5-6-18(23)20-14-7-8-17(16(9-14)13(4)21)24-11-15(22)10-19-12(2)3;1-13(2,3)14-8-10(18)9-20-12-11(15-21-16-12)17-4-6-19-7-5-17/h7-9,12,15,19,22H,5-6,10-11H2,1-4H3,(H,20,23);10,14,18H,4-9H2,1-3H3/t;10-/m.0/s1. The van der Waals surface area contributed by atoms with Crippen LogP contribution in [0.25, 0.3) is 0 Å². The van der Waals surface area contributed by atoms with Crippen molar-refractivity contribution in [1.29, 1.82) is 0 Å². The van der Waals surface area contributed by atoms with Gasteiger partial charge in [-0.3, -0.25) is 9.59 Å². The van der Waals surface area contributed by atoms with Gasteiger partial charge in [0.1, 0.15) is 31.2 Å². The predicted molar refractivity (Wildman–Crippen MR) is 177 cm³/mol. The van der Waals surface area contributed by atoms with Crippen LogP contribution in [-0.2, 0) is 9.53 Å². The molecule has 1 saturated heterocycles. The summed E-state index contributed by atoms with van der Waals surface area (Å²) in [7, 11) is 0. The Hall–Kier alpha value is -2.88. The Kier molecular flexibility index (Phi) is 16.7. The number of morpholine rings is 1. The highest BCUT2D eigenvalue weighted by atomic mass is 32.1. The molecule has 0 bridgehead atoms. The van der Waals surface area contributed by atoms with Crippen LogP contribution < -0.4 is 30.3 Å². The lowest BCUT2D eigenvalue weighted by Crippen LogP contribution is -2.42. The van der Waals surface area contributed by atoms with Crippen molar-refractivity contribution >= 4 is 34.9 Å². The molecule has 0 saturated carbocycles. The van der Waals surface area contributed by atoms with Gasteiger partial charge in [0.25, 0.3) is 5.88 Å². The van der Waals surface area contributed by atoms with Crippen LogP contribution in [0.1, 0.15) is 71.7 Å². The van der Waals surface area contributed by atoms with Gasteiger partial charge in [0.15, 0.2) is 5.78 Å². The molecule has 2 heterocycles. The summed E-state index contributed by atoms with van der Waals surface area (Å²) in [6.45, 7) is 17.7. The number of carbonyl (C=O) groups excluding carboxylic acids is 2. The number of aliphatic hydroxyl groups excluding tert-OH is 2. The molecule has 1 aromatic carbocycles. The van der Waals surface area contributed by atoms with Gasteiger partial charge >= 0.3 is 0 Å². The number of hydrogen-bond acceptors (Lipinski definition) is 13. The monoisotopic (exact) mass is 652 g/mol. The zero-order valence-corrected chi connectivity index (χ0v) is 28.5. The van der Waals surface area contributed by atoms with Crippen molar-refractivity contribution in [1.82, 2.24) is 19.4 Å². The first-order valence-corrected chi connectivity index (χ1v) is 16.2. The number of β-amino-alcohol motifs (C(OH)–C–C–N with tert-alkyl or cyclic N) is 1. The Labute approximate surface area is 271 Å². The summed E-state index contributed by atoms with van der Waals surface area (Å²) in [5.41, 5.74) is 0.920. The number of aromatic nitrogens is 2. The number of ether oxygens (including phenoxy) is 3. The highest BCUT2D eigenvalue weighted by molar-refractivity contribution is 6.99. The predicted octanol–water partition coefficient (Wildman–Crippen LogP) is 2.87. The summed E-state index contributed by atoms with van der Waals surface area (Å²) in [6.07, 6.45) is -0.0583. The molecule has 254 valence electrons. The van der Waals surface area contributed by atoms with Crippen molar-refractivity contribution < 1.29 is 34.0 Å². The molecule has 1 aliphatic heterocycles. The molecule has 13 nitrogen and oxygen atoms in total. The van der Waals surface area contributed by atoms with Gasteiger partial charge in [-0.05, 0) is 52.3 Å². The lowest BCUT2D eigenvalue weighted by Gasteiger charge is -2.27. The van der Waals surface area contributed by atoms with Crippen LogP contribution in [0.2, 0.25) is 0 Å². The fourth-order valence-corrected chi connectivity index (χ4v) is 4.49. The quantitative estimate of drug-likeness (QED) is 0.169. The maximum Gasteiger partial charge on any atom is 0.270 e. The zero-order chi connectivity index (χ0) is 33.4. The van der Waals surface area contributed by atoms with E-state index in [1.807, 2.05) is 20.8 Å². The van der Waals surface area contributed by atoms with E-state index >= 15 is 0 Å². The first-order valence-electron chi connectivity index (χ1n) is 15.5. The van der Waals surface area contributed by atoms with E-state index in [4.69, 9.17) is 14.2 Å². The number of rotatable bonds is 16. The average molecular weight is 653 g/mol. The first-order chi connectivity index (χ1) is 21.3. The van der Waals surface area contributed by atoms with E-state index < -0.39 is 12.2 Å². The Morgan fingerprint density at radius 2 is 1.73 bits per heavy atom. The molecule has 1 unspecified atom stereocenters. The molecule has 1 fully saturated rings. The second kappa shape index (κ2) is 19.6. The van der Waals surface area contributed by atoms with E-state index in [0.717, 1.165) is 37.1 Å². The van der Waals surface area contributed by atoms with Crippen LogP contribution in [-0.4, -0.2) is 107 Å². The summed E-state index contributed by atoms with van der Waals surface area (Å²) < 4.78 is 25.0. The second-order valence-electron chi connectivity index (χ2n) is 12.2. The lowest BCUT2D eigenvalue weighted by atomic mass is 10.1. The number of nitrogens with zero attached hydrogens (tertiary/aromatic N) is 3. The Morgan fingerprint density at radius 3 is 2.36 bits per heavy atom. The summed E-state index contributed by atoms with van der Waals surface area (Å²) in [4.78, 5) is 25.6. The van der Waals surface area contributed by atoms with Gasteiger partial charge in [-0.25, -0.2) is 0 Å². The molecule has 45 heavy (non-hydrogen) atoms. The molecule has 0 spiro atoms. The minimum Gasteiger partial charge on any atom is -0.490 e. The summed E-state index contributed by atoms with van der Waals surface area (Å²) in [6, 6.07) is 5.21. The number of benzene rings is 1. The van der Waals surface area contributed by atoms with Crippen molar-refractivity contribution in [2.24, 2.45) is 0 Å². The Morgan fingerprint density at radius 1 is 1.07 bits per heavy atom. The number of anilines is 2. The van der Waals surface area contributed by atoms with E-state index in [0.29, 0.717) is 55.6 Å². The molecule has 5 N–H and O–H groups in total. The average Bonchev–Trinajstić information content (AvgIpc) is 3.46. The number of nitrogens with one attached hydrogen (secondary N) is 3. The number of aliphatic hydroxyl groups is 2. The summed E-state index contributed by atoms with van der Waals surface area (Å²) >= 11 is 1.12. The number of Topliss-reactive ketones (excluding diaryl/α,β-unsaturated/α-hetero) is 1. The van der Waals surface area contributed by atoms with Crippen molar-refractivity contribution in [3.8, 4) is 11.6 Å². The van der Waals surface area contributed by atoms with E-state index in [-0.39, 0.29) is 36.5 Å². The highest BCUT2D eigenvalue weighted by Gasteiger charge is 2.21. The van der Waals surface area contributed by atoms with Crippen LogP contribution in [0.5, 0.6) is 11.6 Å². The molecule has 1 aromatic heterocycles. The molecule has 1 aliphatic rings. The van der Waals surface area contributed by atoms with Gasteiger partial charge in [0.05, 0.1) is 30.5 Å². The zero-order valence-electron chi connectivity index (χ0n) is 27.7. The Balaban J connectivity index is 0.000000316. The van der Waals surface area contributed by atoms with Crippen LogP contribution in [0, 0.1) is 0 Å². The maximum absolute atomic E-state index is 11.8. The lowest BCUT2D eigenvalue weighted by molar-refractivity contribution is -0.116. The molecule has 3 rings (SSSR count). The van der Waals surface area contributed by atoms with Gasteiger partial charge in [-0.15, -0.1) is 4.37 Å². The van der Waals surface area contributed by atoms with E-state index in [9.17, 15) is 19.8 Å². The highest BCUT2D eigenvalue weighted by Crippen LogP contribution is 2.26. The van der Waals surface area contributed by atoms with E-state index in [1.54, 1.807) is 18.2 Å². The minimum absolute atomic E-state index is 0.0257. The SMILES string of the molecule is CC(C)(C)NC[C@H](O)COc1nsnc1N1CCOCC1.CCCC(=O)Nc1ccc(OCC(O)CNC(C)C)c(C(C)=O)c1. The third-order valence-corrected chi connectivity index (χ3v) is 6.85. The summed E-state index contributed by atoms with van der Waals surface area (Å²) in [5.74, 6) is 1.40. The third kappa shape index (κ3) is 15.3. The van der Waals surface area contributed by atoms with Crippen molar-refractivity contribution in [3.05, 3.63) is 23.8 Å². The van der Waals surface area contributed by atoms with Gasteiger partial charge < -0.3 is 45.3 Å². The normalized spacial score (nSPS) is 14.8. The van der Waals surface area contributed by atoms with Crippen LogP contribution in [0.15, 0.2) is 18.2 Å². The summed E-state index contributed by atoms with van der Waals surface area (Å²) in [5, 5.41) is 29.0. The molecular weight excluding hydrogens is 600 g/mol. The van der Waals surface area contributed by atoms with E-state index in [1.165, 1.54) is 6.92 Å². The smallest absolute Gasteiger partial charge is 0.270 e. The molecule has 14 heteroatoms. The second-order valence-corrected chi connectivity index (χ2v) is 12.7. The third-order valence-electron chi connectivity index (χ3n) is 6.35. The van der Waals surface area contributed by atoms with Gasteiger partial charge in [0.2, 0.25) is 11.7 Å². The van der Waals surface area contributed by atoms with Gasteiger partial charge in [-0.2, -0.15) is 4.37 Å². The van der Waals surface area contributed by atoms with Crippen LogP contribution in [0.4, 0.5) is 11.5 Å². The van der Waals surface area contributed by atoms with Crippen molar-refractivity contribution in [3.63, 3.8) is 0 Å². The van der Waals surface area contributed by atoms with Gasteiger partial charge in [0, 0.05) is 49.9 Å². The number of ketones is 1. The Bertz CT molecular complexity index is 1170. The molecule has 2 atom stereocenters. The number of hydrogen-bond donors (Lipinski definition) is 5. The first kappa shape index (κ1) is 38.3. The van der Waals surface area contributed by atoms with Crippen molar-refractivity contribution in [2.45, 2.75) is 85.1 Å². The fraction of sp³-hybridized carbons (Fsp3) is 0.677. The molecule has 1 amide bonds. The minimum atomic E-state index is -0.670. The topological polar surface area (TPSA) is 167 Å². The molecule has 2 aromatic rings.